The summed E-state index contributed by atoms with van der Waals surface area (Å²) < 4.78 is 0. The molecule has 1 aliphatic rings. The number of rotatable bonds is 1. The van der Waals surface area contributed by atoms with Crippen LogP contribution in [0, 0.1) is 5.92 Å². The van der Waals surface area contributed by atoms with Gasteiger partial charge in [-0.2, -0.15) is 0 Å². The minimum absolute atomic E-state index is 0.0440. The molecule has 0 aliphatic heterocycles. The molecule has 2 heteroatoms. The fourth-order valence-corrected chi connectivity index (χ4v) is 0.959. The van der Waals surface area contributed by atoms with E-state index in [1.54, 1.807) is 0 Å². The molecule has 1 rings (SSSR count). The molecule has 0 aromatic rings. The van der Waals surface area contributed by atoms with Crippen molar-refractivity contribution in [3.8, 4) is 0 Å². The molecule has 0 spiro atoms. The lowest BCUT2D eigenvalue weighted by atomic mass is 10.1. The lowest BCUT2D eigenvalue weighted by Crippen LogP contribution is -1.94. The second kappa shape index (κ2) is 2.07. The van der Waals surface area contributed by atoms with Crippen LogP contribution in [0.3, 0.4) is 0 Å². The average molecular weight is 112 g/mol. The fraction of sp³-hybridized carbons (Fsp3) is 0.667. The molecule has 2 nitrogen and oxygen atoms in total. The van der Waals surface area contributed by atoms with Crippen molar-refractivity contribution in [2.24, 2.45) is 5.92 Å². The van der Waals surface area contributed by atoms with E-state index in [4.69, 9.17) is 0 Å². The molecule has 0 heterocycles. The third kappa shape index (κ3) is 0.941. The Hall–Kier alpha value is -0.660. The monoisotopic (exact) mass is 112 g/mol. The van der Waals surface area contributed by atoms with Gasteiger partial charge in [0.15, 0.2) is 0 Å². The van der Waals surface area contributed by atoms with Gasteiger partial charge < -0.3 is 4.79 Å². The predicted octanol–water partition coefficient (Wildman–Crippen LogP) is 0.554. The van der Waals surface area contributed by atoms with E-state index in [1.165, 1.54) is 0 Å². The summed E-state index contributed by atoms with van der Waals surface area (Å²) in [5.74, 6) is 0.282. The van der Waals surface area contributed by atoms with E-state index in [-0.39, 0.29) is 11.7 Å². The number of aldehydes is 1. The first kappa shape index (κ1) is 5.48. The van der Waals surface area contributed by atoms with Crippen molar-refractivity contribution in [2.75, 3.05) is 0 Å². The zero-order valence-electron chi connectivity index (χ0n) is 4.59. The van der Waals surface area contributed by atoms with Crippen molar-refractivity contribution in [1.29, 1.82) is 0 Å². The molecule has 0 aromatic heterocycles. The fourth-order valence-electron chi connectivity index (χ4n) is 0.959. The molecule has 44 valence electrons. The van der Waals surface area contributed by atoms with Crippen LogP contribution in [-0.2, 0) is 9.59 Å². The Kier molecular flexibility index (Phi) is 1.42. The Morgan fingerprint density at radius 3 is 2.62 bits per heavy atom. The molecule has 1 atom stereocenters. The maximum Gasteiger partial charge on any atom is 0.133 e. The first-order valence-electron chi connectivity index (χ1n) is 2.80. The van der Waals surface area contributed by atoms with E-state index >= 15 is 0 Å². The van der Waals surface area contributed by atoms with Crippen LogP contribution >= 0.6 is 0 Å². The summed E-state index contributed by atoms with van der Waals surface area (Å²) in [5, 5.41) is 0. The van der Waals surface area contributed by atoms with Gasteiger partial charge in [0.2, 0.25) is 0 Å². The van der Waals surface area contributed by atoms with Crippen LogP contribution in [0.25, 0.3) is 0 Å². The van der Waals surface area contributed by atoms with E-state index < -0.39 is 0 Å². The number of hydrogen-bond acceptors (Lipinski definition) is 2. The number of carbonyl (C=O) groups is 2. The molecule has 1 fully saturated rings. The predicted molar refractivity (Wildman–Crippen MR) is 28.4 cm³/mol. The second-order valence-electron chi connectivity index (χ2n) is 2.18. The van der Waals surface area contributed by atoms with Crippen LogP contribution in [-0.4, -0.2) is 12.1 Å². The SMILES string of the molecule is O=CC1CCC(=O)C1. The van der Waals surface area contributed by atoms with Gasteiger partial charge in [0.05, 0.1) is 0 Å². The maximum absolute atomic E-state index is 10.5. The van der Waals surface area contributed by atoms with E-state index in [9.17, 15) is 9.59 Å². The van der Waals surface area contributed by atoms with Crippen molar-refractivity contribution < 1.29 is 9.59 Å². The van der Waals surface area contributed by atoms with Crippen molar-refractivity contribution >= 4 is 12.1 Å². The Morgan fingerprint density at radius 1 is 1.62 bits per heavy atom. The summed E-state index contributed by atoms with van der Waals surface area (Å²) in [6, 6.07) is 0. The summed E-state index contributed by atoms with van der Waals surface area (Å²) in [6.45, 7) is 0. The van der Waals surface area contributed by atoms with E-state index in [0.29, 0.717) is 12.8 Å². The molecule has 1 aliphatic carbocycles. The average Bonchev–Trinajstić information content (AvgIpc) is 2.14. The molecular weight excluding hydrogens is 104 g/mol. The zero-order chi connectivity index (χ0) is 5.98. The Labute approximate surface area is 47.9 Å². The van der Waals surface area contributed by atoms with Gasteiger partial charge in [-0.15, -0.1) is 0 Å². The van der Waals surface area contributed by atoms with E-state index in [1.807, 2.05) is 0 Å². The molecule has 0 saturated heterocycles. The van der Waals surface area contributed by atoms with Crippen LogP contribution in [0.2, 0.25) is 0 Å². The number of carbonyl (C=O) groups excluding carboxylic acids is 2. The van der Waals surface area contributed by atoms with Gasteiger partial charge in [-0.1, -0.05) is 0 Å². The molecule has 0 bridgehead atoms. The summed E-state index contributed by atoms with van der Waals surface area (Å²) in [6.07, 6.45) is 2.76. The third-order valence-electron chi connectivity index (χ3n) is 1.48. The van der Waals surface area contributed by atoms with Crippen molar-refractivity contribution in [1.82, 2.24) is 0 Å². The molecule has 0 N–H and O–H groups in total. The van der Waals surface area contributed by atoms with Gasteiger partial charge >= 0.3 is 0 Å². The second-order valence-corrected chi connectivity index (χ2v) is 2.18. The van der Waals surface area contributed by atoms with Gasteiger partial charge in [-0.05, 0) is 6.42 Å². The van der Waals surface area contributed by atoms with Gasteiger partial charge in [0, 0.05) is 18.8 Å². The molecule has 0 radical (unpaired) electrons. The highest BCUT2D eigenvalue weighted by atomic mass is 16.1. The highest BCUT2D eigenvalue weighted by Crippen LogP contribution is 2.18. The Morgan fingerprint density at radius 2 is 2.38 bits per heavy atom. The number of Topliss-reactive ketones (excluding diaryl/α,β-unsaturated/α-hetero) is 1. The van der Waals surface area contributed by atoms with Crippen LogP contribution in [0.4, 0.5) is 0 Å². The lowest BCUT2D eigenvalue weighted by Gasteiger charge is -1.89. The highest BCUT2D eigenvalue weighted by molar-refractivity contribution is 5.84. The summed E-state index contributed by atoms with van der Waals surface area (Å²) in [4.78, 5) is 20.5. The summed E-state index contributed by atoms with van der Waals surface area (Å²) in [5.41, 5.74) is 0. The Bertz CT molecular complexity index is 118. The zero-order valence-corrected chi connectivity index (χ0v) is 4.59. The van der Waals surface area contributed by atoms with Gasteiger partial charge in [-0.3, -0.25) is 4.79 Å². The van der Waals surface area contributed by atoms with E-state index in [2.05, 4.69) is 0 Å². The summed E-state index contributed by atoms with van der Waals surface area (Å²) >= 11 is 0. The molecule has 1 unspecified atom stereocenters. The standard InChI is InChI=1S/C6H8O2/c7-4-5-1-2-6(8)3-5/h4-5H,1-3H2. The topological polar surface area (TPSA) is 34.1 Å². The first-order chi connectivity index (χ1) is 3.83. The third-order valence-corrected chi connectivity index (χ3v) is 1.48. The lowest BCUT2D eigenvalue weighted by molar-refractivity contribution is -0.119. The van der Waals surface area contributed by atoms with Crippen molar-refractivity contribution in [3.05, 3.63) is 0 Å². The minimum atomic E-state index is 0.0440. The number of hydrogen-bond donors (Lipinski definition) is 0. The Balaban J connectivity index is 2.43. The van der Waals surface area contributed by atoms with Crippen molar-refractivity contribution in [3.63, 3.8) is 0 Å². The molecule has 0 amide bonds. The van der Waals surface area contributed by atoms with Crippen LogP contribution < -0.4 is 0 Å². The normalized spacial score (nSPS) is 28.5. The number of ketones is 1. The molecule has 0 aromatic carbocycles. The van der Waals surface area contributed by atoms with Crippen LogP contribution in [0.5, 0.6) is 0 Å². The van der Waals surface area contributed by atoms with Crippen LogP contribution in [0.1, 0.15) is 19.3 Å². The van der Waals surface area contributed by atoms with Gasteiger partial charge in [0.25, 0.3) is 0 Å². The molecule has 1 saturated carbocycles. The van der Waals surface area contributed by atoms with Crippen molar-refractivity contribution in [2.45, 2.75) is 19.3 Å². The molecule has 8 heavy (non-hydrogen) atoms. The largest absolute Gasteiger partial charge is 0.303 e. The first-order valence-corrected chi connectivity index (χ1v) is 2.80. The van der Waals surface area contributed by atoms with Gasteiger partial charge in [0.1, 0.15) is 12.1 Å². The highest BCUT2D eigenvalue weighted by Gasteiger charge is 2.20. The van der Waals surface area contributed by atoms with E-state index in [0.717, 1.165) is 12.7 Å². The smallest absolute Gasteiger partial charge is 0.133 e. The molecular formula is C6H8O2. The maximum atomic E-state index is 10.5. The quantitative estimate of drug-likeness (QED) is 0.464. The minimum Gasteiger partial charge on any atom is -0.303 e. The van der Waals surface area contributed by atoms with Crippen LogP contribution in [0.15, 0.2) is 0 Å². The van der Waals surface area contributed by atoms with Gasteiger partial charge in [-0.25, -0.2) is 0 Å². The summed E-state index contributed by atoms with van der Waals surface area (Å²) in [7, 11) is 0.